The van der Waals surface area contributed by atoms with Crippen LogP contribution in [0.3, 0.4) is 0 Å². The summed E-state index contributed by atoms with van der Waals surface area (Å²) >= 11 is 0. The first-order valence-corrected chi connectivity index (χ1v) is 10.6. The van der Waals surface area contributed by atoms with E-state index in [1.54, 1.807) is 18.5 Å². The highest BCUT2D eigenvalue weighted by molar-refractivity contribution is 7.89. The number of hydrogen-bond donors (Lipinski definition) is 0. The van der Waals surface area contributed by atoms with E-state index in [9.17, 15) is 8.42 Å². The van der Waals surface area contributed by atoms with Crippen molar-refractivity contribution >= 4 is 15.7 Å². The fourth-order valence-corrected chi connectivity index (χ4v) is 4.74. The third-order valence-electron chi connectivity index (χ3n) is 4.86. The van der Waals surface area contributed by atoms with Crippen LogP contribution in [0.15, 0.2) is 48.5 Å². The summed E-state index contributed by atoms with van der Waals surface area (Å²) in [5, 5.41) is 0. The molecular weight excluding hydrogens is 364 g/mol. The molecule has 0 unspecified atom stereocenters. The Morgan fingerprint density at radius 3 is 2.19 bits per heavy atom. The number of ether oxygens (including phenoxy) is 2. The maximum atomic E-state index is 12.7. The summed E-state index contributed by atoms with van der Waals surface area (Å²) in [7, 11) is -0.0309. The maximum absolute atomic E-state index is 12.7. The minimum absolute atomic E-state index is 0.146. The van der Waals surface area contributed by atoms with Crippen LogP contribution in [-0.2, 0) is 16.4 Å². The van der Waals surface area contributed by atoms with E-state index >= 15 is 0 Å². The zero-order valence-corrected chi connectivity index (χ0v) is 16.6. The molecule has 1 aliphatic rings. The molecule has 0 aromatic heterocycles. The van der Waals surface area contributed by atoms with Crippen LogP contribution in [0, 0.1) is 0 Å². The average Bonchev–Trinajstić information content (AvgIpc) is 2.72. The number of aryl methyl sites for hydroxylation is 1. The number of benzene rings is 2. The molecule has 0 aliphatic carbocycles. The molecule has 1 saturated heterocycles. The van der Waals surface area contributed by atoms with Crippen LogP contribution in [-0.4, -0.2) is 58.9 Å². The summed E-state index contributed by atoms with van der Waals surface area (Å²) in [6.07, 6.45) is 0.541. The third kappa shape index (κ3) is 4.73. The molecule has 3 rings (SSSR count). The quantitative estimate of drug-likeness (QED) is 0.727. The standard InChI is InChI=1S/C20H26N2O4S/c1-25-19-9-8-18(16-20(19)26-2)21-11-13-22(14-12-21)27(23,24)15-10-17-6-4-3-5-7-17/h3-9,16H,10-15H2,1-2H3. The Balaban J connectivity index is 1.59. The Morgan fingerprint density at radius 2 is 1.56 bits per heavy atom. The van der Waals surface area contributed by atoms with E-state index in [1.165, 1.54) is 0 Å². The highest BCUT2D eigenvalue weighted by Crippen LogP contribution is 2.32. The Kier molecular flexibility index (Phi) is 6.23. The van der Waals surface area contributed by atoms with Crippen LogP contribution >= 0.6 is 0 Å². The van der Waals surface area contributed by atoms with Crippen molar-refractivity contribution in [2.45, 2.75) is 6.42 Å². The van der Waals surface area contributed by atoms with Crippen LogP contribution in [0.5, 0.6) is 11.5 Å². The molecule has 0 saturated carbocycles. The van der Waals surface area contributed by atoms with E-state index in [0.29, 0.717) is 44.1 Å². The lowest BCUT2D eigenvalue weighted by Gasteiger charge is -2.35. The molecule has 0 spiro atoms. The zero-order chi connectivity index (χ0) is 19.3. The summed E-state index contributed by atoms with van der Waals surface area (Å²) in [6, 6.07) is 15.5. The molecule has 0 amide bonds. The van der Waals surface area contributed by atoms with Gasteiger partial charge in [0.1, 0.15) is 0 Å². The lowest BCUT2D eigenvalue weighted by atomic mass is 10.2. The molecular formula is C20H26N2O4S. The Hall–Kier alpha value is -2.25. The van der Waals surface area contributed by atoms with E-state index < -0.39 is 10.0 Å². The van der Waals surface area contributed by atoms with Gasteiger partial charge in [-0.05, 0) is 24.1 Å². The molecule has 0 atom stereocenters. The summed E-state index contributed by atoms with van der Waals surface area (Å²) in [4.78, 5) is 2.17. The van der Waals surface area contributed by atoms with Gasteiger partial charge in [-0.1, -0.05) is 30.3 Å². The van der Waals surface area contributed by atoms with Crippen molar-refractivity contribution in [3.8, 4) is 11.5 Å². The van der Waals surface area contributed by atoms with Crippen molar-refractivity contribution in [1.82, 2.24) is 4.31 Å². The van der Waals surface area contributed by atoms with Crippen LogP contribution in [0.1, 0.15) is 5.56 Å². The number of piperazine rings is 1. The lowest BCUT2D eigenvalue weighted by molar-refractivity contribution is 0.354. The molecule has 0 radical (unpaired) electrons. The molecule has 6 nitrogen and oxygen atoms in total. The maximum Gasteiger partial charge on any atom is 0.214 e. The van der Waals surface area contributed by atoms with Crippen LogP contribution < -0.4 is 14.4 Å². The molecule has 1 fully saturated rings. The fourth-order valence-electron chi connectivity index (χ4n) is 3.27. The van der Waals surface area contributed by atoms with Crippen molar-refractivity contribution in [3.63, 3.8) is 0 Å². The molecule has 2 aromatic carbocycles. The molecule has 146 valence electrons. The summed E-state index contributed by atoms with van der Waals surface area (Å²) in [5.74, 6) is 1.50. The second kappa shape index (κ2) is 8.63. The molecule has 0 bridgehead atoms. The minimum Gasteiger partial charge on any atom is -0.493 e. The monoisotopic (exact) mass is 390 g/mol. The van der Waals surface area contributed by atoms with Crippen LogP contribution in [0.4, 0.5) is 5.69 Å². The van der Waals surface area contributed by atoms with Gasteiger partial charge < -0.3 is 14.4 Å². The number of hydrogen-bond acceptors (Lipinski definition) is 5. The highest BCUT2D eigenvalue weighted by atomic mass is 32.2. The number of nitrogens with zero attached hydrogens (tertiary/aromatic N) is 2. The first kappa shape index (κ1) is 19.5. The third-order valence-corrected chi connectivity index (χ3v) is 6.73. The van der Waals surface area contributed by atoms with Gasteiger partial charge in [0.25, 0.3) is 0 Å². The van der Waals surface area contributed by atoms with Gasteiger partial charge in [-0.3, -0.25) is 0 Å². The van der Waals surface area contributed by atoms with Crippen molar-refractivity contribution in [2.75, 3.05) is 51.1 Å². The Labute approximate surface area is 161 Å². The SMILES string of the molecule is COc1ccc(N2CCN(S(=O)(=O)CCc3ccccc3)CC2)cc1OC. The molecule has 7 heteroatoms. The number of rotatable bonds is 7. The highest BCUT2D eigenvalue weighted by Gasteiger charge is 2.27. The van der Waals surface area contributed by atoms with Gasteiger partial charge in [0.15, 0.2) is 11.5 Å². The van der Waals surface area contributed by atoms with Crippen molar-refractivity contribution in [1.29, 1.82) is 0 Å². The summed E-state index contributed by atoms with van der Waals surface area (Å²) < 4.78 is 37.5. The molecule has 1 aliphatic heterocycles. The minimum atomic E-state index is -3.25. The van der Waals surface area contributed by atoms with Gasteiger partial charge >= 0.3 is 0 Å². The lowest BCUT2D eigenvalue weighted by Crippen LogP contribution is -2.49. The van der Waals surface area contributed by atoms with Crippen molar-refractivity contribution in [3.05, 3.63) is 54.1 Å². The van der Waals surface area contributed by atoms with Crippen LogP contribution in [0.2, 0.25) is 0 Å². The smallest absolute Gasteiger partial charge is 0.214 e. The average molecular weight is 391 g/mol. The molecule has 1 heterocycles. The molecule has 2 aromatic rings. The van der Waals surface area contributed by atoms with Gasteiger partial charge in [0.2, 0.25) is 10.0 Å². The van der Waals surface area contributed by atoms with E-state index in [-0.39, 0.29) is 5.75 Å². The summed E-state index contributed by atoms with van der Waals surface area (Å²) in [6.45, 7) is 2.29. The Bertz CT molecular complexity index is 848. The van der Waals surface area contributed by atoms with Gasteiger partial charge in [-0.15, -0.1) is 0 Å². The van der Waals surface area contributed by atoms with E-state index in [1.807, 2.05) is 48.5 Å². The predicted molar refractivity (Wildman–Crippen MR) is 107 cm³/mol. The number of sulfonamides is 1. The largest absolute Gasteiger partial charge is 0.493 e. The van der Waals surface area contributed by atoms with E-state index in [0.717, 1.165) is 11.3 Å². The first-order valence-electron chi connectivity index (χ1n) is 9.02. The molecule has 0 N–H and O–H groups in total. The van der Waals surface area contributed by atoms with Crippen molar-refractivity contribution < 1.29 is 17.9 Å². The van der Waals surface area contributed by atoms with E-state index in [4.69, 9.17) is 9.47 Å². The topological polar surface area (TPSA) is 59.1 Å². The van der Waals surface area contributed by atoms with Crippen LogP contribution in [0.25, 0.3) is 0 Å². The Morgan fingerprint density at radius 1 is 0.889 bits per heavy atom. The normalized spacial score (nSPS) is 15.6. The van der Waals surface area contributed by atoms with Crippen molar-refractivity contribution in [2.24, 2.45) is 0 Å². The van der Waals surface area contributed by atoms with Gasteiger partial charge in [0.05, 0.1) is 20.0 Å². The predicted octanol–water partition coefficient (Wildman–Crippen LogP) is 2.40. The second-order valence-corrected chi connectivity index (χ2v) is 8.57. The first-order chi connectivity index (χ1) is 13.0. The van der Waals surface area contributed by atoms with Gasteiger partial charge in [0, 0.05) is 37.9 Å². The van der Waals surface area contributed by atoms with E-state index in [2.05, 4.69) is 4.90 Å². The fraction of sp³-hybridized carbons (Fsp3) is 0.400. The van der Waals surface area contributed by atoms with Gasteiger partial charge in [-0.2, -0.15) is 4.31 Å². The zero-order valence-electron chi connectivity index (χ0n) is 15.8. The molecule has 27 heavy (non-hydrogen) atoms. The number of anilines is 1. The summed E-state index contributed by atoms with van der Waals surface area (Å²) in [5.41, 5.74) is 2.05. The second-order valence-electron chi connectivity index (χ2n) is 6.48. The van der Waals surface area contributed by atoms with Gasteiger partial charge in [-0.25, -0.2) is 8.42 Å². The number of methoxy groups -OCH3 is 2.